The van der Waals surface area contributed by atoms with Gasteiger partial charge in [0.15, 0.2) is 10.8 Å². The number of amides is 1. The largest absolute Gasteiger partial charge is 0.444 e. The number of ether oxygens (including phenoxy) is 1. The van der Waals surface area contributed by atoms with Crippen molar-refractivity contribution in [2.24, 2.45) is 5.92 Å². The van der Waals surface area contributed by atoms with Crippen molar-refractivity contribution in [3.8, 4) is 33.7 Å². The number of benzene rings is 1. The summed E-state index contributed by atoms with van der Waals surface area (Å²) in [5.74, 6) is 5.52. The molecule has 1 saturated heterocycles. The Morgan fingerprint density at radius 1 is 1.24 bits per heavy atom. The number of nitrogens with one attached hydrogen (secondary N) is 1. The molecular formula is C28H31ClFN5O4S2. The van der Waals surface area contributed by atoms with Crippen molar-refractivity contribution in [1.29, 1.82) is 0 Å². The molecular weight excluding hydrogens is 589 g/mol. The van der Waals surface area contributed by atoms with E-state index in [1.165, 1.54) is 29.7 Å². The minimum atomic E-state index is -3.71. The predicted molar refractivity (Wildman–Crippen MR) is 159 cm³/mol. The van der Waals surface area contributed by atoms with E-state index in [1.54, 1.807) is 24.0 Å². The van der Waals surface area contributed by atoms with Gasteiger partial charge >= 0.3 is 6.09 Å². The van der Waals surface area contributed by atoms with Crippen LogP contribution < -0.4 is 4.72 Å². The summed E-state index contributed by atoms with van der Waals surface area (Å²) in [4.78, 5) is 27.4. The smallest absolute Gasteiger partial charge is 0.410 e. The van der Waals surface area contributed by atoms with Crippen molar-refractivity contribution in [2.75, 3.05) is 23.6 Å². The standard InChI is InChI=1S/C28H31ClFN5O4S2/c1-5-17-41(37,38)34-20-8-6-7-19(23(20)30)24-25(21-11-14-31-26(29)32-21)40-22(33-24)10-9-18-12-15-35(16-13-18)27(36)39-28(2,3)4/h6-8,11,14,18,34H,5,12-13,15-17H2,1-4H3. The summed E-state index contributed by atoms with van der Waals surface area (Å²) in [5, 5.41) is 0.462. The average molecular weight is 620 g/mol. The van der Waals surface area contributed by atoms with Gasteiger partial charge in [0.2, 0.25) is 15.3 Å². The van der Waals surface area contributed by atoms with E-state index in [9.17, 15) is 13.2 Å². The van der Waals surface area contributed by atoms with Crippen molar-refractivity contribution in [3.63, 3.8) is 0 Å². The Morgan fingerprint density at radius 3 is 2.63 bits per heavy atom. The molecule has 218 valence electrons. The van der Waals surface area contributed by atoms with E-state index in [1.807, 2.05) is 20.8 Å². The third-order valence-corrected chi connectivity index (χ3v) is 8.66. The van der Waals surface area contributed by atoms with Gasteiger partial charge in [-0.15, -0.1) is 11.3 Å². The Hall–Kier alpha value is -3.27. The Kier molecular flexibility index (Phi) is 9.51. The molecule has 3 aromatic rings. The van der Waals surface area contributed by atoms with Crippen LogP contribution in [-0.4, -0.2) is 58.8 Å². The number of sulfonamides is 1. The van der Waals surface area contributed by atoms with Crippen LogP contribution in [0.3, 0.4) is 0 Å². The molecule has 3 heterocycles. The van der Waals surface area contributed by atoms with Gasteiger partial charge in [-0.2, -0.15) is 0 Å². The van der Waals surface area contributed by atoms with E-state index in [2.05, 4.69) is 31.5 Å². The fourth-order valence-corrected chi connectivity index (χ4v) is 6.36. The number of hydrogen-bond acceptors (Lipinski definition) is 8. The molecule has 1 fully saturated rings. The van der Waals surface area contributed by atoms with Crippen LogP contribution in [0.15, 0.2) is 30.5 Å². The highest BCUT2D eigenvalue weighted by atomic mass is 35.5. The second kappa shape index (κ2) is 12.7. The van der Waals surface area contributed by atoms with Crippen molar-refractivity contribution < 1.29 is 22.3 Å². The molecule has 0 atom stereocenters. The van der Waals surface area contributed by atoms with Gasteiger partial charge in [-0.25, -0.2) is 32.6 Å². The fourth-order valence-electron chi connectivity index (χ4n) is 4.17. The number of rotatable bonds is 6. The minimum Gasteiger partial charge on any atom is -0.444 e. The molecule has 13 heteroatoms. The van der Waals surface area contributed by atoms with E-state index in [0.29, 0.717) is 47.9 Å². The van der Waals surface area contributed by atoms with Crippen molar-refractivity contribution >= 4 is 44.7 Å². The van der Waals surface area contributed by atoms with Crippen molar-refractivity contribution in [2.45, 2.75) is 52.6 Å². The maximum atomic E-state index is 15.7. The molecule has 0 unspecified atom stereocenters. The molecule has 1 aliphatic heterocycles. The summed E-state index contributed by atoms with van der Waals surface area (Å²) in [7, 11) is -3.71. The Balaban J connectivity index is 1.63. The third kappa shape index (κ3) is 8.15. The van der Waals surface area contributed by atoms with Gasteiger partial charge in [0.1, 0.15) is 5.60 Å². The summed E-state index contributed by atoms with van der Waals surface area (Å²) in [6, 6.07) is 6.09. The first kappa shape index (κ1) is 30.7. The number of carbonyl (C=O) groups is 1. The van der Waals surface area contributed by atoms with Crippen molar-refractivity contribution in [3.05, 3.63) is 46.6 Å². The van der Waals surface area contributed by atoms with E-state index >= 15 is 4.39 Å². The van der Waals surface area contributed by atoms with Crippen LogP contribution in [0.2, 0.25) is 5.28 Å². The highest BCUT2D eigenvalue weighted by Gasteiger charge is 2.26. The fraction of sp³-hybridized carbons (Fsp3) is 0.429. The molecule has 1 aliphatic rings. The highest BCUT2D eigenvalue weighted by molar-refractivity contribution is 7.92. The zero-order chi connectivity index (χ0) is 29.8. The molecule has 1 aromatic carbocycles. The number of likely N-dealkylation sites (tertiary alicyclic amines) is 1. The lowest BCUT2D eigenvalue weighted by atomic mass is 9.98. The summed E-state index contributed by atoms with van der Waals surface area (Å²) >= 11 is 7.27. The summed E-state index contributed by atoms with van der Waals surface area (Å²) in [5.41, 5.74) is 0.0811. The van der Waals surface area contributed by atoms with Gasteiger partial charge in [-0.05, 0) is 75.8 Å². The number of piperidine rings is 1. The van der Waals surface area contributed by atoms with Gasteiger partial charge < -0.3 is 9.64 Å². The quantitative estimate of drug-likeness (QED) is 0.258. The van der Waals surface area contributed by atoms with E-state index < -0.39 is 21.4 Å². The minimum absolute atomic E-state index is 0.0211. The molecule has 4 rings (SSSR count). The predicted octanol–water partition coefficient (Wildman–Crippen LogP) is 6.21. The Bertz CT molecular complexity index is 1590. The van der Waals surface area contributed by atoms with Gasteiger partial charge in [0.05, 0.1) is 27.7 Å². The molecule has 9 nitrogen and oxygen atoms in total. The zero-order valence-corrected chi connectivity index (χ0v) is 25.6. The lowest BCUT2D eigenvalue weighted by molar-refractivity contribution is 0.0199. The van der Waals surface area contributed by atoms with Crippen molar-refractivity contribution in [1.82, 2.24) is 19.9 Å². The maximum Gasteiger partial charge on any atom is 0.410 e. The number of aromatic nitrogens is 3. The second-order valence-electron chi connectivity index (χ2n) is 10.5. The zero-order valence-electron chi connectivity index (χ0n) is 23.2. The summed E-state index contributed by atoms with van der Waals surface area (Å²) < 4.78 is 48.1. The lowest BCUT2D eigenvalue weighted by Crippen LogP contribution is -2.41. The first-order valence-corrected chi connectivity index (χ1v) is 16.0. The van der Waals surface area contributed by atoms with Crippen LogP contribution in [0.4, 0.5) is 14.9 Å². The monoisotopic (exact) mass is 619 g/mol. The normalized spacial score (nSPS) is 14.3. The number of halogens is 2. The number of carbonyl (C=O) groups excluding carboxylic acids is 1. The molecule has 0 saturated carbocycles. The molecule has 1 amide bonds. The van der Waals surface area contributed by atoms with E-state index in [4.69, 9.17) is 16.3 Å². The molecule has 41 heavy (non-hydrogen) atoms. The van der Waals surface area contributed by atoms with Crippen LogP contribution in [0.25, 0.3) is 21.8 Å². The summed E-state index contributed by atoms with van der Waals surface area (Å²) in [6.07, 6.45) is 2.93. The van der Waals surface area contributed by atoms with Gasteiger partial charge in [0.25, 0.3) is 0 Å². The van der Waals surface area contributed by atoms with Gasteiger partial charge in [0, 0.05) is 30.8 Å². The SMILES string of the molecule is CCCS(=O)(=O)Nc1cccc(-c2nc(C#CC3CCN(C(=O)OC(C)(C)C)CC3)sc2-c2ccnc(Cl)n2)c1F. The number of anilines is 1. The van der Waals surface area contributed by atoms with Gasteiger partial charge in [-0.1, -0.05) is 18.9 Å². The first-order chi connectivity index (χ1) is 19.3. The molecule has 0 spiro atoms. The third-order valence-electron chi connectivity index (χ3n) is 6.01. The average Bonchev–Trinajstić information content (AvgIpc) is 3.32. The second-order valence-corrected chi connectivity index (χ2v) is 13.7. The topological polar surface area (TPSA) is 114 Å². The maximum absolute atomic E-state index is 15.7. The first-order valence-electron chi connectivity index (χ1n) is 13.1. The van der Waals surface area contributed by atoms with Crippen LogP contribution >= 0.6 is 22.9 Å². The summed E-state index contributed by atoms with van der Waals surface area (Å²) in [6.45, 7) is 8.31. The molecule has 0 radical (unpaired) electrons. The van der Waals surface area contributed by atoms with Crippen LogP contribution in [0.5, 0.6) is 0 Å². The Labute approximate surface area is 248 Å². The lowest BCUT2D eigenvalue weighted by Gasteiger charge is -2.31. The molecule has 2 aromatic heterocycles. The van der Waals surface area contributed by atoms with Crippen LogP contribution in [-0.2, 0) is 14.8 Å². The molecule has 1 N–H and O–H groups in total. The molecule has 0 bridgehead atoms. The molecule has 0 aliphatic carbocycles. The number of nitrogens with zero attached hydrogens (tertiary/aromatic N) is 4. The van der Waals surface area contributed by atoms with E-state index in [-0.39, 0.29) is 40.0 Å². The Morgan fingerprint density at radius 2 is 1.98 bits per heavy atom. The van der Waals surface area contributed by atoms with Gasteiger partial charge in [-0.3, -0.25) is 4.72 Å². The van der Waals surface area contributed by atoms with Crippen LogP contribution in [0, 0.1) is 23.6 Å². The highest BCUT2D eigenvalue weighted by Crippen LogP contribution is 2.38. The number of thiazole rings is 1. The number of hydrogen-bond donors (Lipinski definition) is 1. The van der Waals surface area contributed by atoms with Crippen LogP contribution in [0.1, 0.15) is 52.0 Å². The van der Waals surface area contributed by atoms with E-state index in [0.717, 1.165) is 0 Å².